The molecule has 0 saturated heterocycles. The number of nitrogens with one attached hydrogen (secondary N) is 1. The summed E-state index contributed by atoms with van der Waals surface area (Å²) in [5, 5.41) is 9.00. The van der Waals surface area contributed by atoms with Crippen molar-refractivity contribution in [1.82, 2.24) is 4.98 Å². The van der Waals surface area contributed by atoms with Gasteiger partial charge in [0.15, 0.2) is 5.78 Å². The van der Waals surface area contributed by atoms with Gasteiger partial charge in [0.1, 0.15) is 11.3 Å². The molecule has 1 aromatic carbocycles. The van der Waals surface area contributed by atoms with E-state index in [9.17, 15) is 14.4 Å². The normalized spacial score (nSPS) is 16.7. The van der Waals surface area contributed by atoms with E-state index in [1.165, 1.54) is 6.07 Å². The van der Waals surface area contributed by atoms with Crippen LogP contribution in [0.1, 0.15) is 44.3 Å². The van der Waals surface area contributed by atoms with Gasteiger partial charge in [0, 0.05) is 23.6 Å². The van der Waals surface area contributed by atoms with Crippen molar-refractivity contribution in [2.45, 2.75) is 18.8 Å². The average molecular weight is 313 g/mol. The lowest BCUT2D eigenvalue weighted by molar-refractivity contribution is 0.0695. The second kappa shape index (κ2) is 5.72. The fourth-order valence-electron chi connectivity index (χ4n) is 3.01. The number of benzene rings is 1. The standard InChI is InChI=1S/C17H15NO5/c1-23-15-5-3-2-4-10(15)9-6-13-11(14(19)7-9)8-12(17(21)22)16(20)18-13/h2-5,8-9H,6-7H2,1H3,(H,18,20)(H,21,22)/t9-/m1/s1. The van der Waals surface area contributed by atoms with Crippen molar-refractivity contribution in [3.63, 3.8) is 0 Å². The van der Waals surface area contributed by atoms with Crippen molar-refractivity contribution in [3.8, 4) is 5.75 Å². The molecule has 1 aliphatic carbocycles. The van der Waals surface area contributed by atoms with Crippen LogP contribution in [0.25, 0.3) is 0 Å². The van der Waals surface area contributed by atoms with Crippen LogP contribution in [0.5, 0.6) is 5.75 Å². The van der Waals surface area contributed by atoms with Crippen LogP contribution in [0.3, 0.4) is 0 Å². The molecule has 6 heteroatoms. The Morgan fingerprint density at radius 3 is 2.70 bits per heavy atom. The highest BCUT2D eigenvalue weighted by molar-refractivity contribution is 6.00. The number of aromatic nitrogens is 1. The summed E-state index contributed by atoms with van der Waals surface area (Å²) in [4.78, 5) is 37.8. The molecule has 0 saturated carbocycles. The fraction of sp³-hybridized carbons (Fsp3) is 0.235. The summed E-state index contributed by atoms with van der Waals surface area (Å²) in [5.41, 5.74) is 0.565. The third-order valence-electron chi connectivity index (χ3n) is 4.11. The Labute approximate surface area is 131 Å². The molecular formula is C17H15NO5. The molecule has 0 unspecified atom stereocenters. The minimum absolute atomic E-state index is 0.113. The zero-order valence-electron chi connectivity index (χ0n) is 12.5. The highest BCUT2D eigenvalue weighted by Gasteiger charge is 2.30. The lowest BCUT2D eigenvalue weighted by Crippen LogP contribution is -2.27. The Hall–Kier alpha value is -2.89. The number of carboxylic acid groups (broad SMARTS) is 1. The molecule has 0 amide bonds. The Bertz CT molecular complexity index is 852. The molecule has 1 heterocycles. The lowest BCUT2D eigenvalue weighted by atomic mass is 9.81. The maximum Gasteiger partial charge on any atom is 0.341 e. The van der Waals surface area contributed by atoms with E-state index in [4.69, 9.17) is 9.84 Å². The van der Waals surface area contributed by atoms with Gasteiger partial charge in [-0.05, 0) is 24.1 Å². The number of ether oxygens (including phenoxy) is 1. The number of pyridine rings is 1. The SMILES string of the molecule is COc1ccccc1[C@H]1CC(=O)c2cc(C(=O)O)c(=O)[nH]c2C1. The van der Waals surface area contributed by atoms with Crippen molar-refractivity contribution in [2.75, 3.05) is 7.11 Å². The predicted molar refractivity (Wildman–Crippen MR) is 82.4 cm³/mol. The first-order valence-corrected chi connectivity index (χ1v) is 7.17. The quantitative estimate of drug-likeness (QED) is 0.903. The van der Waals surface area contributed by atoms with Crippen LogP contribution < -0.4 is 10.3 Å². The van der Waals surface area contributed by atoms with Crippen LogP contribution in [0, 0.1) is 0 Å². The van der Waals surface area contributed by atoms with Gasteiger partial charge in [-0.1, -0.05) is 18.2 Å². The Balaban J connectivity index is 2.04. The van der Waals surface area contributed by atoms with E-state index in [1.54, 1.807) is 7.11 Å². The number of carbonyl (C=O) groups is 2. The first-order valence-electron chi connectivity index (χ1n) is 7.17. The summed E-state index contributed by atoms with van der Waals surface area (Å²) in [7, 11) is 1.57. The largest absolute Gasteiger partial charge is 0.496 e. The number of hydrogen-bond acceptors (Lipinski definition) is 4. The zero-order valence-corrected chi connectivity index (χ0v) is 12.5. The van der Waals surface area contributed by atoms with E-state index < -0.39 is 17.1 Å². The third kappa shape index (κ3) is 2.63. The first-order chi connectivity index (χ1) is 11.0. The number of para-hydroxylation sites is 1. The molecule has 23 heavy (non-hydrogen) atoms. The van der Waals surface area contributed by atoms with Gasteiger partial charge in [-0.2, -0.15) is 0 Å². The average Bonchev–Trinajstić information content (AvgIpc) is 2.53. The molecule has 2 N–H and O–H groups in total. The maximum atomic E-state index is 12.4. The lowest BCUT2D eigenvalue weighted by Gasteiger charge is -2.25. The molecule has 0 fully saturated rings. The number of methoxy groups -OCH3 is 1. The molecule has 2 aromatic rings. The van der Waals surface area contributed by atoms with E-state index in [-0.39, 0.29) is 23.7 Å². The summed E-state index contributed by atoms with van der Waals surface area (Å²) in [6.45, 7) is 0. The molecule has 118 valence electrons. The van der Waals surface area contributed by atoms with Crippen LogP contribution in [-0.4, -0.2) is 29.0 Å². The Morgan fingerprint density at radius 2 is 2.00 bits per heavy atom. The molecule has 0 radical (unpaired) electrons. The number of H-pyrrole nitrogens is 1. The van der Waals surface area contributed by atoms with Crippen molar-refractivity contribution in [2.24, 2.45) is 0 Å². The first kappa shape index (κ1) is 15.0. The number of Topliss-reactive ketones (excluding diaryl/α,β-unsaturated/α-hetero) is 1. The summed E-state index contributed by atoms with van der Waals surface area (Å²) in [6.07, 6.45) is 0.703. The number of rotatable bonds is 3. The van der Waals surface area contributed by atoms with E-state index >= 15 is 0 Å². The van der Waals surface area contributed by atoms with Gasteiger partial charge < -0.3 is 14.8 Å². The monoisotopic (exact) mass is 313 g/mol. The van der Waals surface area contributed by atoms with Gasteiger partial charge in [0.05, 0.1) is 7.11 Å². The van der Waals surface area contributed by atoms with Crippen LogP contribution in [0.15, 0.2) is 35.1 Å². The number of carbonyl (C=O) groups excluding carboxylic acids is 1. The summed E-state index contributed by atoms with van der Waals surface area (Å²) in [6, 6.07) is 8.62. The highest BCUT2D eigenvalue weighted by atomic mass is 16.5. The van der Waals surface area contributed by atoms with Gasteiger partial charge in [-0.15, -0.1) is 0 Å². The molecule has 3 rings (SSSR count). The fourth-order valence-corrected chi connectivity index (χ4v) is 3.01. The topological polar surface area (TPSA) is 96.5 Å². The van der Waals surface area contributed by atoms with Crippen LogP contribution >= 0.6 is 0 Å². The van der Waals surface area contributed by atoms with Crippen molar-refractivity contribution in [1.29, 1.82) is 0 Å². The van der Waals surface area contributed by atoms with Gasteiger partial charge in [-0.25, -0.2) is 4.79 Å². The predicted octanol–water partition coefficient (Wildman–Crippen LogP) is 1.99. The van der Waals surface area contributed by atoms with Crippen LogP contribution in [-0.2, 0) is 6.42 Å². The van der Waals surface area contributed by atoms with Gasteiger partial charge in [0.2, 0.25) is 0 Å². The molecule has 1 atom stereocenters. The number of fused-ring (bicyclic) bond motifs is 1. The molecule has 0 spiro atoms. The Kier molecular flexibility index (Phi) is 3.73. The zero-order chi connectivity index (χ0) is 16.6. The molecule has 6 nitrogen and oxygen atoms in total. The minimum atomic E-state index is -1.34. The maximum absolute atomic E-state index is 12.4. The van der Waals surface area contributed by atoms with E-state index in [0.717, 1.165) is 5.56 Å². The van der Waals surface area contributed by atoms with Crippen molar-refractivity contribution < 1.29 is 19.4 Å². The van der Waals surface area contributed by atoms with Crippen molar-refractivity contribution in [3.05, 3.63) is 63.1 Å². The number of ketones is 1. The molecular weight excluding hydrogens is 298 g/mol. The van der Waals surface area contributed by atoms with E-state index in [2.05, 4.69) is 4.98 Å². The molecule has 1 aromatic heterocycles. The van der Waals surface area contributed by atoms with Crippen molar-refractivity contribution >= 4 is 11.8 Å². The number of hydrogen-bond donors (Lipinski definition) is 2. The van der Waals surface area contributed by atoms with Crippen LogP contribution in [0.4, 0.5) is 0 Å². The van der Waals surface area contributed by atoms with Crippen LogP contribution in [0.2, 0.25) is 0 Å². The third-order valence-corrected chi connectivity index (χ3v) is 4.11. The number of aromatic amines is 1. The van der Waals surface area contributed by atoms with Gasteiger partial charge in [0.25, 0.3) is 5.56 Å². The van der Waals surface area contributed by atoms with Gasteiger partial charge >= 0.3 is 5.97 Å². The molecule has 1 aliphatic rings. The second-order valence-electron chi connectivity index (χ2n) is 5.48. The Morgan fingerprint density at radius 1 is 1.26 bits per heavy atom. The summed E-state index contributed by atoms with van der Waals surface area (Å²) < 4.78 is 5.34. The van der Waals surface area contributed by atoms with E-state index in [1.807, 2.05) is 24.3 Å². The minimum Gasteiger partial charge on any atom is -0.496 e. The molecule has 0 aliphatic heterocycles. The summed E-state index contributed by atoms with van der Waals surface area (Å²) in [5.74, 6) is -0.940. The highest BCUT2D eigenvalue weighted by Crippen LogP contribution is 2.36. The molecule has 0 bridgehead atoms. The number of aromatic carboxylic acids is 1. The number of carboxylic acids is 1. The van der Waals surface area contributed by atoms with Gasteiger partial charge in [-0.3, -0.25) is 9.59 Å². The van der Waals surface area contributed by atoms with E-state index in [0.29, 0.717) is 17.9 Å². The second-order valence-corrected chi connectivity index (χ2v) is 5.48. The summed E-state index contributed by atoms with van der Waals surface area (Å²) >= 11 is 0. The smallest absolute Gasteiger partial charge is 0.341 e.